The number of benzene rings is 2. The van der Waals surface area contributed by atoms with E-state index in [1.807, 2.05) is 12.1 Å². The summed E-state index contributed by atoms with van der Waals surface area (Å²) in [5.74, 6) is 0. The number of nitrogens with zero attached hydrogens (tertiary/aromatic N) is 3. The molecule has 1 heterocycles. The summed E-state index contributed by atoms with van der Waals surface area (Å²) in [5, 5.41) is 12.1. The van der Waals surface area contributed by atoms with E-state index in [0.717, 1.165) is 31.7 Å². The first kappa shape index (κ1) is 14.4. The van der Waals surface area contributed by atoms with Crippen LogP contribution in [0.15, 0.2) is 59.8 Å². The predicted octanol–water partition coefficient (Wildman–Crippen LogP) is 3.21. The monoisotopic (exact) mass is 295 g/mol. The molecule has 2 aromatic carbocycles. The Hall–Kier alpha value is -2.49. The first-order chi connectivity index (χ1) is 10.8. The molecule has 0 saturated carbocycles. The highest BCUT2D eigenvalue weighted by Crippen LogP contribution is 2.21. The van der Waals surface area contributed by atoms with Crippen LogP contribution in [0.4, 0.5) is 11.4 Å². The Labute approximate surface area is 131 Å². The Morgan fingerprint density at radius 1 is 0.818 bits per heavy atom. The minimum atomic E-state index is 0.639. The van der Waals surface area contributed by atoms with Crippen LogP contribution in [0.25, 0.3) is 0 Å². The molecule has 0 atom stereocenters. The largest absolute Gasteiger partial charge is 0.411 e. The lowest BCUT2D eigenvalue weighted by atomic mass is 10.1. The maximum Gasteiger partial charge on any atom is 0.0836 e. The average Bonchev–Trinajstić information content (AvgIpc) is 2.62. The molecule has 0 radical (unpaired) electrons. The van der Waals surface area contributed by atoms with E-state index in [0.29, 0.717) is 5.71 Å². The summed E-state index contributed by atoms with van der Waals surface area (Å²) in [7, 11) is 0. The molecule has 1 saturated heterocycles. The molecule has 2 aromatic rings. The summed E-state index contributed by atoms with van der Waals surface area (Å²) in [6.07, 6.45) is 0. The number of oxime groups is 1. The van der Waals surface area contributed by atoms with Crippen molar-refractivity contribution in [1.82, 2.24) is 0 Å². The van der Waals surface area contributed by atoms with Crippen LogP contribution in [0.2, 0.25) is 0 Å². The van der Waals surface area contributed by atoms with Gasteiger partial charge in [-0.15, -0.1) is 0 Å². The normalized spacial score (nSPS) is 16.0. The van der Waals surface area contributed by atoms with Crippen molar-refractivity contribution in [2.24, 2.45) is 5.16 Å². The van der Waals surface area contributed by atoms with Gasteiger partial charge in [0.1, 0.15) is 0 Å². The van der Waals surface area contributed by atoms with Gasteiger partial charge in [0.25, 0.3) is 0 Å². The quantitative estimate of drug-likeness (QED) is 0.537. The summed E-state index contributed by atoms with van der Waals surface area (Å²) in [6, 6.07) is 18.8. The molecular formula is C18H21N3O. The van der Waals surface area contributed by atoms with Crippen molar-refractivity contribution in [2.75, 3.05) is 36.0 Å². The van der Waals surface area contributed by atoms with Crippen LogP contribution >= 0.6 is 0 Å². The zero-order valence-electron chi connectivity index (χ0n) is 12.8. The molecule has 1 aliphatic rings. The lowest BCUT2D eigenvalue weighted by Crippen LogP contribution is -2.46. The van der Waals surface area contributed by atoms with Gasteiger partial charge in [-0.25, -0.2) is 0 Å². The van der Waals surface area contributed by atoms with E-state index >= 15 is 0 Å². The fraction of sp³-hybridized carbons (Fsp3) is 0.278. The van der Waals surface area contributed by atoms with Gasteiger partial charge >= 0.3 is 0 Å². The van der Waals surface area contributed by atoms with E-state index in [9.17, 15) is 0 Å². The third-order valence-electron chi connectivity index (χ3n) is 4.20. The van der Waals surface area contributed by atoms with Crippen molar-refractivity contribution in [3.63, 3.8) is 0 Å². The zero-order chi connectivity index (χ0) is 15.4. The van der Waals surface area contributed by atoms with Gasteiger partial charge < -0.3 is 15.0 Å². The van der Waals surface area contributed by atoms with Crippen molar-refractivity contribution in [3.8, 4) is 0 Å². The minimum Gasteiger partial charge on any atom is -0.411 e. The van der Waals surface area contributed by atoms with Crippen LogP contribution in [0, 0.1) is 0 Å². The Balaban J connectivity index is 1.64. The van der Waals surface area contributed by atoms with Crippen LogP contribution in [-0.4, -0.2) is 37.1 Å². The Kier molecular flexibility index (Phi) is 4.28. The van der Waals surface area contributed by atoms with Gasteiger partial charge in [0.2, 0.25) is 0 Å². The number of para-hydroxylation sites is 1. The SMILES string of the molecule is C/C(=N\O)c1ccc(N2CCN(c3ccccc3)CC2)cc1. The summed E-state index contributed by atoms with van der Waals surface area (Å²) >= 11 is 0. The maximum atomic E-state index is 8.82. The van der Waals surface area contributed by atoms with E-state index in [-0.39, 0.29) is 0 Å². The molecule has 1 N–H and O–H groups in total. The summed E-state index contributed by atoms with van der Waals surface area (Å²) < 4.78 is 0. The van der Waals surface area contributed by atoms with Crippen molar-refractivity contribution >= 4 is 17.1 Å². The number of hydrogen-bond acceptors (Lipinski definition) is 4. The second-order valence-corrected chi connectivity index (χ2v) is 5.54. The second-order valence-electron chi connectivity index (χ2n) is 5.54. The lowest BCUT2D eigenvalue weighted by molar-refractivity contribution is 0.319. The van der Waals surface area contributed by atoms with Gasteiger partial charge in [0.05, 0.1) is 5.71 Å². The van der Waals surface area contributed by atoms with Gasteiger partial charge in [-0.1, -0.05) is 35.5 Å². The maximum absolute atomic E-state index is 8.82. The number of rotatable bonds is 3. The summed E-state index contributed by atoms with van der Waals surface area (Å²) in [5.41, 5.74) is 4.11. The number of piperazine rings is 1. The van der Waals surface area contributed by atoms with Gasteiger partial charge in [-0.2, -0.15) is 0 Å². The molecular weight excluding hydrogens is 274 g/mol. The van der Waals surface area contributed by atoms with Crippen LogP contribution in [-0.2, 0) is 0 Å². The minimum absolute atomic E-state index is 0.639. The van der Waals surface area contributed by atoms with Crippen molar-refractivity contribution in [1.29, 1.82) is 0 Å². The molecule has 1 fully saturated rings. The second kappa shape index (κ2) is 6.52. The van der Waals surface area contributed by atoms with E-state index in [4.69, 9.17) is 5.21 Å². The van der Waals surface area contributed by atoms with Gasteiger partial charge in [0.15, 0.2) is 0 Å². The van der Waals surface area contributed by atoms with Crippen LogP contribution in [0.1, 0.15) is 12.5 Å². The van der Waals surface area contributed by atoms with Crippen LogP contribution in [0.3, 0.4) is 0 Å². The molecule has 22 heavy (non-hydrogen) atoms. The molecule has 4 heteroatoms. The molecule has 0 amide bonds. The standard InChI is InChI=1S/C18H21N3O/c1-15(19-22)16-7-9-18(10-8-16)21-13-11-20(12-14-21)17-5-3-2-4-6-17/h2-10,22H,11-14H2,1H3/b19-15+. The first-order valence-electron chi connectivity index (χ1n) is 7.62. The lowest BCUT2D eigenvalue weighted by Gasteiger charge is -2.37. The highest BCUT2D eigenvalue weighted by molar-refractivity contribution is 5.98. The topological polar surface area (TPSA) is 39.1 Å². The molecule has 4 nitrogen and oxygen atoms in total. The molecule has 114 valence electrons. The molecule has 3 rings (SSSR count). The zero-order valence-corrected chi connectivity index (χ0v) is 12.8. The number of anilines is 2. The van der Waals surface area contributed by atoms with Gasteiger partial charge in [0, 0.05) is 37.6 Å². The fourth-order valence-corrected chi connectivity index (χ4v) is 2.83. The smallest absolute Gasteiger partial charge is 0.0836 e. The van der Waals surface area contributed by atoms with E-state index in [2.05, 4.69) is 57.4 Å². The highest BCUT2D eigenvalue weighted by atomic mass is 16.4. The predicted molar refractivity (Wildman–Crippen MR) is 91.3 cm³/mol. The fourth-order valence-electron chi connectivity index (χ4n) is 2.83. The number of hydrogen-bond donors (Lipinski definition) is 1. The Bertz CT molecular complexity index is 629. The molecule has 1 aliphatic heterocycles. The van der Waals surface area contributed by atoms with Crippen LogP contribution < -0.4 is 9.80 Å². The highest BCUT2D eigenvalue weighted by Gasteiger charge is 2.17. The van der Waals surface area contributed by atoms with Crippen LogP contribution in [0.5, 0.6) is 0 Å². The average molecular weight is 295 g/mol. The molecule has 0 unspecified atom stereocenters. The third-order valence-corrected chi connectivity index (χ3v) is 4.20. The molecule has 0 spiro atoms. The van der Waals surface area contributed by atoms with E-state index < -0.39 is 0 Å². The first-order valence-corrected chi connectivity index (χ1v) is 7.62. The Morgan fingerprint density at radius 2 is 1.32 bits per heavy atom. The molecule has 0 aromatic heterocycles. The molecule has 0 aliphatic carbocycles. The third kappa shape index (κ3) is 3.06. The van der Waals surface area contributed by atoms with Gasteiger partial charge in [-0.05, 0) is 36.8 Å². The summed E-state index contributed by atoms with van der Waals surface area (Å²) in [6.45, 7) is 5.89. The van der Waals surface area contributed by atoms with Crippen molar-refractivity contribution in [3.05, 3.63) is 60.2 Å². The van der Waals surface area contributed by atoms with E-state index in [1.54, 1.807) is 6.92 Å². The summed E-state index contributed by atoms with van der Waals surface area (Å²) in [4.78, 5) is 4.82. The van der Waals surface area contributed by atoms with Gasteiger partial charge in [-0.3, -0.25) is 0 Å². The van der Waals surface area contributed by atoms with Crippen molar-refractivity contribution < 1.29 is 5.21 Å². The van der Waals surface area contributed by atoms with Crippen molar-refractivity contribution in [2.45, 2.75) is 6.92 Å². The Morgan fingerprint density at radius 3 is 1.82 bits per heavy atom. The molecule has 0 bridgehead atoms. The van der Waals surface area contributed by atoms with E-state index in [1.165, 1.54) is 11.4 Å².